The zero-order valence-corrected chi connectivity index (χ0v) is 10.1. The van der Waals surface area contributed by atoms with Gasteiger partial charge in [-0.3, -0.25) is 9.78 Å². The highest BCUT2D eigenvalue weighted by molar-refractivity contribution is 5.77. The predicted molar refractivity (Wildman–Crippen MR) is 72.2 cm³/mol. The Balaban J connectivity index is 2.12. The lowest BCUT2D eigenvalue weighted by Crippen LogP contribution is -1.99. The molecule has 0 aliphatic carbocycles. The van der Waals surface area contributed by atoms with Crippen LogP contribution >= 0.6 is 0 Å². The first-order chi connectivity index (χ1) is 9.38. The lowest BCUT2D eigenvalue weighted by atomic mass is 10.1. The zero-order chi connectivity index (χ0) is 13.1. The summed E-state index contributed by atoms with van der Waals surface area (Å²) in [5.74, 6) is 0. The molecule has 4 heteroatoms. The Bertz CT molecular complexity index is 704. The van der Waals surface area contributed by atoms with Crippen molar-refractivity contribution in [2.75, 3.05) is 0 Å². The smallest absolute Gasteiger partial charge is 0.151 e. The third kappa shape index (κ3) is 2.15. The van der Waals surface area contributed by atoms with Crippen LogP contribution in [-0.2, 0) is 0 Å². The molecule has 3 rings (SSSR count). The third-order valence-corrected chi connectivity index (χ3v) is 2.83. The van der Waals surface area contributed by atoms with E-state index in [4.69, 9.17) is 0 Å². The van der Waals surface area contributed by atoms with Crippen LogP contribution in [0.15, 0.2) is 61.1 Å². The second kappa shape index (κ2) is 4.86. The average molecular weight is 249 g/mol. The third-order valence-electron chi connectivity index (χ3n) is 2.83. The maximum absolute atomic E-state index is 10.8. The molecule has 0 fully saturated rings. The Hall–Kier alpha value is -2.75. The van der Waals surface area contributed by atoms with Gasteiger partial charge in [-0.15, -0.1) is 0 Å². The largest absolute Gasteiger partial charge is 0.298 e. The summed E-state index contributed by atoms with van der Waals surface area (Å²) in [7, 11) is 0. The van der Waals surface area contributed by atoms with Crippen LogP contribution < -0.4 is 0 Å². The summed E-state index contributed by atoms with van der Waals surface area (Å²) in [4.78, 5) is 14.9. The summed E-state index contributed by atoms with van der Waals surface area (Å²) in [5.41, 5.74) is 3.30. The number of nitrogens with zero attached hydrogens (tertiary/aromatic N) is 3. The van der Waals surface area contributed by atoms with Gasteiger partial charge in [0.1, 0.15) is 0 Å². The van der Waals surface area contributed by atoms with Crippen molar-refractivity contribution in [3.8, 4) is 16.9 Å². The van der Waals surface area contributed by atoms with Gasteiger partial charge >= 0.3 is 0 Å². The van der Waals surface area contributed by atoms with Crippen molar-refractivity contribution in [3.05, 3.63) is 66.6 Å². The van der Waals surface area contributed by atoms with Gasteiger partial charge in [-0.05, 0) is 24.3 Å². The summed E-state index contributed by atoms with van der Waals surface area (Å²) >= 11 is 0. The summed E-state index contributed by atoms with van der Waals surface area (Å²) in [6.07, 6.45) is 5.79. The number of aldehydes is 1. The van der Waals surface area contributed by atoms with Crippen molar-refractivity contribution < 1.29 is 4.79 Å². The summed E-state index contributed by atoms with van der Waals surface area (Å²) in [6, 6.07) is 13.5. The number of carbonyl (C=O) groups is 1. The highest BCUT2D eigenvalue weighted by Gasteiger charge is 2.08. The van der Waals surface area contributed by atoms with Crippen LogP contribution in [0, 0.1) is 0 Å². The minimum absolute atomic E-state index is 0.554. The number of hydrogen-bond acceptors (Lipinski definition) is 3. The van der Waals surface area contributed by atoms with Gasteiger partial charge in [-0.25, -0.2) is 4.68 Å². The van der Waals surface area contributed by atoms with Crippen molar-refractivity contribution in [2.24, 2.45) is 0 Å². The predicted octanol–water partition coefficient (Wildman–Crippen LogP) is 2.75. The molecule has 2 heterocycles. The van der Waals surface area contributed by atoms with Crippen molar-refractivity contribution >= 4 is 6.29 Å². The highest BCUT2D eigenvalue weighted by atomic mass is 16.1. The van der Waals surface area contributed by atoms with E-state index in [2.05, 4.69) is 10.1 Å². The van der Waals surface area contributed by atoms with E-state index in [1.165, 1.54) is 0 Å². The molecule has 3 aromatic rings. The number of para-hydroxylation sites is 1. The van der Waals surface area contributed by atoms with Crippen LogP contribution in [0.4, 0.5) is 0 Å². The fourth-order valence-corrected chi connectivity index (χ4v) is 1.96. The fraction of sp³-hybridized carbons (Fsp3) is 0. The molecule has 0 aliphatic heterocycles. The van der Waals surface area contributed by atoms with E-state index in [-0.39, 0.29) is 0 Å². The van der Waals surface area contributed by atoms with Crippen LogP contribution in [0.1, 0.15) is 10.4 Å². The molecule has 19 heavy (non-hydrogen) atoms. The molecule has 0 amide bonds. The van der Waals surface area contributed by atoms with Gasteiger partial charge in [0, 0.05) is 23.5 Å². The lowest BCUT2D eigenvalue weighted by molar-refractivity contribution is 0.112. The van der Waals surface area contributed by atoms with E-state index < -0.39 is 0 Å². The van der Waals surface area contributed by atoms with Crippen LogP contribution in [0.25, 0.3) is 16.9 Å². The second-order valence-electron chi connectivity index (χ2n) is 4.09. The average Bonchev–Trinajstić information content (AvgIpc) is 2.98. The molecule has 0 radical (unpaired) electrons. The van der Waals surface area contributed by atoms with E-state index in [0.29, 0.717) is 5.56 Å². The Morgan fingerprint density at radius 1 is 1.05 bits per heavy atom. The van der Waals surface area contributed by atoms with Gasteiger partial charge in [0.05, 0.1) is 17.6 Å². The van der Waals surface area contributed by atoms with E-state index in [1.807, 2.05) is 41.1 Å². The van der Waals surface area contributed by atoms with Gasteiger partial charge in [0.25, 0.3) is 0 Å². The van der Waals surface area contributed by atoms with Crippen LogP contribution in [0.2, 0.25) is 0 Å². The Kier molecular flexibility index (Phi) is 2.90. The zero-order valence-electron chi connectivity index (χ0n) is 10.1. The van der Waals surface area contributed by atoms with Crippen molar-refractivity contribution in [2.45, 2.75) is 0 Å². The fourth-order valence-electron chi connectivity index (χ4n) is 1.96. The molecule has 0 atom stereocenters. The first kappa shape index (κ1) is 11.3. The van der Waals surface area contributed by atoms with Gasteiger partial charge < -0.3 is 0 Å². The molecule has 2 aromatic heterocycles. The number of carbonyl (C=O) groups excluding carboxylic acids is 1. The molecule has 0 saturated carbocycles. The monoisotopic (exact) mass is 249 g/mol. The van der Waals surface area contributed by atoms with Gasteiger partial charge in [-0.1, -0.05) is 18.2 Å². The van der Waals surface area contributed by atoms with E-state index in [1.54, 1.807) is 24.7 Å². The molecule has 0 spiro atoms. The Labute approximate surface area is 110 Å². The second-order valence-corrected chi connectivity index (χ2v) is 4.09. The van der Waals surface area contributed by atoms with Crippen LogP contribution in [0.5, 0.6) is 0 Å². The minimum Gasteiger partial charge on any atom is -0.298 e. The molecule has 1 aromatic carbocycles. The summed E-state index contributed by atoms with van der Waals surface area (Å²) < 4.78 is 1.82. The van der Waals surface area contributed by atoms with Crippen molar-refractivity contribution in [1.82, 2.24) is 14.8 Å². The molecule has 0 saturated heterocycles. The van der Waals surface area contributed by atoms with Gasteiger partial charge in [-0.2, -0.15) is 5.10 Å². The van der Waals surface area contributed by atoms with E-state index in [9.17, 15) is 4.79 Å². The topological polar surface area (TPSA) is 47.8 Å². The van der Waals surface area contributed by atoms with Gasteiger partial charge in [0.15, 0.2) is 6.29 Å². The van der Waals surface area contributed by atoms with Crippen molar-refractivity contribution in [3.63, 3.8) is 0 Å². The molecule has 0 bridgehead atoms. The molecule has 0 unspecified atom stereocenters. The molecule has 0 aliphatic rings. The van der Waals surface area contributed by atoms with Crippen LogP contribution in [0.3, 0.4) is 0 Å². The number of hydrogen-bond donors (Lipinski definition) is 0. The first-order valence-corrected chi connectivity index (χ1v) is 5.88. The highest BCUT2D eigenvalue weighted by Crippen LogP contribution is 2.21. The molecule has 4 nitrogen and oxygen atoms in total. The van der Waals surface area contributed by atoms with Crippen molar-refractivity contribution in [1.29, 1.82) is 0 Å². The number of benzene rings is 1. The maximum atomic E-state index is 10.8. The lowest BCUT2D eigenvalue weighted by Gasteiger charge is -2.07. The number of aromatic nitrogens is 3. The number of rotatable bonds is 3. The SMILES string of the molecule is O=Cc1cncc(-c2ccnn2-c2ccccc2)c1. The maximum Gasteiger partial charge on any atom is 0.151 e. The molecular weight excluding hydrogens is 238 g/mol. The van der Waals surface area contributed by atoms with E-state index in [0.717, 1.165) is 23.2 Å². The molecule has 92 valence electrons. The van der Waals surface area contributed by atoms with Gasteiger partial charge in [0.2, 0.25) is 0 Å². The molecule has 0 N–H and O–H groups in total. The Morgan fingerprint density at radius 3 is 2.68 bits per heavy atom. The quantitative estimate of drug-likeness (QED) is 0.670. The summed E-state index contributed by atoms with van der Waals surface area (Å²) in [5, 5.41) is 4.32. The normalized spacial score (nSPS) is 10.3. The standard InChI is InChI=1S/C15H11N3O/c19-11-12-8-13(10-16-9-12)15-6-7-17-18(15)14-4-2-1-3-5-14/h1-11H. The van der Waals surface area contributed by atoms with Crippen LogP contribution in [-0.4, -0.2) is 21.1 Å². The first-order valence-electron chi connectivity index (χ1n) is 5.88. The minimum atomic E-state index is 0.554. The molecular formula is C15H11N3O. The Morgan fingerprint density at radius 2 is 1.89 bits per heavy atom. The summed E-state index contributed by atoms with van der Waals surface area (Å²) in [6.45, 7) is 0. The number of pyridine rings is 1. The van der Waals surface area contributed by atoms with E-state index >= 15 is 0 Å².